The molecule has 6 heteroatoms. The van der Waals surface area contributed by atoms with Gasteiger partial charge in [-0.2, -0.15) is 0 Å². The Morgan fingerprint density at radius 2 is 1.96 bits per heavy atom. The van der Waals surface area contributed by atoms with Crippen LogP contribution in [-0.2, 0) is 32.2 Å². The lowest BCUT2D eigenvalue weighted by Gasteiger charge is -2.15. The quantitative estimate of drug-likeness (QED) is 0.618. The summed E-state index contributed by atoms with van der Waals surface area (Å²) in [7, 11) is -3.14. The molecule has 1 aromatic rings. The fraction of sp³-hybridized carbons (Fsp3) is 0.529. The SMILES string of the molecule is C[C@H](OC(=O)[C@H]1CCS(=O)(=O)C1)C(=O)c1ccc2c(c1)CCC2. The molecule has 5 nitrogen and oxygen atoms in total. The number of benzene rings is 1. The molecule has 0 N–H and O–H groups in total. The Kier molecular flexibility index (Phi) is 4.27. The van der Waals surface area contributed by atoms with Crippen molar-refractivity contribution in [3.05, 3.63) is 34.9 Å². The Morgan fingerprint density at radius 1 is 1.22 bits per heavy atom. The van der Waals surface area contributed by atoms with Crippen molar-refractivity contribution < 1.29 is 22.7 Å². The molecule has 0 saturated carbocycles. The fourth-order valence-corrected chi connectivity index (χ4v) is 4.99. The first kappa shape index (κ1) is 16.2. The summed E-state index contributed by atoms with van der Waals surface area (Å²) in [6, 6.07) is 5.62. The highest BCUT2D eigenvalue weighted by atomic mass is 32.2. The van der Waals surface area contributed by atoms with E-state index in [-0.39, 0.29) is 23.7 Å². The van der Waals surface area contributed by atoms with E-state index in [2.05, 4.69) is 0 Å². The summed E-state index contributed by atoms with van der Waals surface area (Å²) >= 11 is 0. The number of ether oxygens (including phenoxy) is 1. The minimum Gasteiger partial charge on any atom is -0.454 e. The van der Waals surface area contributed by atoms with Gasteiger partial charge in [0, 0.05) is 5.56 Å². The molecule has 1 heterocycles. The second-order valence-corrected chi connectivity index (χ2v) is 8.61. The van der Waals surface area contributed by atoms with Crippen LogP contribution in [0.1, 0.15) is 41.3 Å². The highest BCUT2D eigenvalue weighted by Crippen LogP contribution is 2.24. The summed E-state index contributed by atoms with van der Waals surface area (Å²) in [5, 5.41) is 0. The first-order chi connectivity index (χ1) is 10.9. The van der Waals surface area contributed by atoms with Gasteiger partial charge >= 0.3 is 5.97 Å². The number of hydrogen-bond donors (Lipinski definition) is 0. The summed E-state index contributed by atoms with van der Waals surface area (Å²) in [6.45, 7) is 1.54. The van der Waals surface area contributed by atoms with E-state index in [1.807, 2.05) is 12.1 Å². The second kappa shape index (κ2) is 6.07. The van der Waals surface area contributed by atoms with E-state index in [0.717, 1.165) is 19.3 Å². The molecule has 3 rings (SSSR count). The molecule has 0 radical (unpaired) electrons. The van der Waals surface area contributed by atoms with Gasteiger partial charge < -0.3 is 4.74 Å². The summed E-state index contributed by atoms with van der Waals surface area (Å²) in [5.41, 5.74) is 3.02. The minimum atomic E-state index is -3.14. The van der Waals surface area contributed by atoms with Gasteiger partial charge in [-0.3, -0.25) is 9.59 Å². The average Bonchev–Trinajstić information content (AvgIpc) is 3.11. The van der Waals surface area contributed by atoms with E-state index >= 15 is 0 Å². The first-order valence-corrected chi connectivity index (χ1v) is 9.75. The number of carbonyl (C=O) groups excluding carboxylic acids is 2. The molecule has 124 valence electrons. The van der Waals surface area contributed by atoms with Gasteiger partial charge in [-0.1, -0.05) is 12.1 Å². The third-order valence-corrected chi connectivity index (χ3v) is 6.38. The maximum absolute atomic E-state index is 12.4. The third-order valence-electron chi connectivity index (χ3n) is 4.61. The molecule has 23 heavy (non-hydrogen) atoms. The smallest absolute Gasteiger partial charge is 0.310 e. The van der Waals surface area contributed by atoms with E-state index in [4.69, 9.17) is 4.74 Å². The largest absolute Gasteiger partial charge is 0.454 e. The van der Waals surface area contributed by atoms with Gasteiger partial charge in [0.05, 0.1) is 17.4 Å². The van der Waals surface area contributed by atoms with Crippen LogP contribution in [-0.4, -0.2) is 37.8 Å². The standard InChI is InChI=1S/C17H20O5S/c1-11(22-17(19)15-7-8-23(20,21)10-15)16(18)14-6-5-12-3-2-4-13(12)9-14/h5-6,9,11,15H,2-4,7-8,10H2,1H3/t11-,15-/m0/s1. The van der Waals surface area contributed by atoms with Gasteiger partial charge in [-0.15, -0.1) is 0 Å². The second-order valence-electron chi connectivity index (χ2n) is 6.38. The molecule has 1 aliphatic carbocycles. The van der Waals surface area contributed by atoms with Crippen LogP contribution in [0.2, 0.25) is 0 Å². The van der Waals surface area contributed by atoms with E-state index in [1.54, 1.807) is 6.07 Å². The van der Waals surface area contributed by atoms with Crippen molar-refractivity contribution in [1.82, 2.24) is 0 Å². The number of hydrogen-bond acceptors (Lipinski definition) is 5. The first-order valence-electron chi connectivity index (χ1n) is 7.93. The van der Waals surface area contributed by atoms with Crippen molar-refractivity contribution in [1.29, 1.82) is 0 Å². The van der Waals surface area contributed by atoms with Crippen LogP contribution in [0.4, 0.5) is 0 Å². The fourth-order valence-electron chi connectivity index (χ4n) is 3.26. The zero-order chi connectivity index (χ0) is 16.6. The van der Waals surface area contributed by atoms with Gasteiger partial charge in [0.1, 0.15) is 0 Å². The summed E-state index contributed by atoms with van der Waals surface area (Å²) in [6.07, 6.45) is 2.51. The summed E-state index contributed by atoms with van der Waals surface area (Å²) < 4.78 is 28.1. The molecule has 0 spiro atoms. The minimum absolute atomic E-state index is 0.0138. The third kappa shape index (κ3) is 3.47. The molecule has 0 bridgehead atoms. The van der Waals surface area contributed by atoms with Gasteiger partial charge in [-0.05, 0) is 49.8 Å². The Bertz CT molecular complexity index is 750. The van der Waals surface area contributed by atoms with Crippen LogP contribution < -0.4 is 0 Å². The summed E-state index contributed by atoms with van der Waals surface area (Å²) in [5.74, 6) is -1.64. The number of rotatable bonds is 4. The molecule has 1 fully saturated rings. The van der Waals surface area contributed by atoms with Crippen LogP contribution >= 0.6 is 0 Å². The predicted molar refractivity (Wildman–Crippen MR) is 85.1 cm³/mol. The van der Waals surface area contributed by atoms with Crippen LogP contribution in [0.25, 0.3) is 0 Å². The van der Waals surface area contributed by atoms with E-state index < -0.39 is 27.8 Å². The molecule has 2 atom stereocenters. The molecule has 2 aliphatic rings. The van der Waals surface area contributed by atoms with E-state index in [1.165, 1.54) is 18.1 Å². The van der Waals surface area contributed by atoms with Crippen LogP contribution in [0.15, 0.2) is 18.2 Å². The Labute approximate surface area is 135 Å². The Hall–Kier alpha value is -1.69. The average molecular weight is 336 g/mol. The van der Waals surface area contributed by atoms with Crippen LogP contribution in [0.5, 0.6) is 0 Å². The number of sulfone groups is 1. The van der Waals surface area contributed by atoms with E-state index in [9.17, 15) is 18.0 Å². The molecule has 1 aromatic carbocycles. The topological polar surface area (TPSA) is 77.5 Å². The Morgan fingerprint density at radius 3 is 2.65 bits per heavy atom. The van der Waals surface area contributed by atoms with Crippen molar-refractivity contribution in [2.45, 2.75) is 38.7 Å². The highest BCUT2D eigenvalue weighted by Gasteiger charge is 2.35. The van der Waals surface area contributed by atoms with Crippen molar-refractivity contribution >= 4 is 21.6 Å². The van der Waals surface area contributed by atoms with Crippen molar-refractivity contribution in [3.63, 3.8) is 0 Å². The predicted octanol–water partition coefficient (Wildman–Crippen LogP) is 1.72. The molecule has 1 aliphatic heterocycles. The molecular weight excluding hydrogens is 316 g/mol. The monoisotopic (exact) mass is 336 g/mol. The molecule has 0 amide bonds. The molecular formula is C17H20O5S. The number of fused-ring (bicyclic) bond motifs is 1. The molecule has 0 unspecified atom stereocenters. The van der Waals surface area contributed by atoms with Gasteiger partial charge in [0.2, 0.25) is 5.78 Å². The number of ketones is 1. The van der Waals surface area contributed by atoms with Crippen molar-refractivity contribution in [2.24, 2.45) is 5.92 Å². The zero-order valence-corrected chi connectivity index (χ0v) is 13.9. The summed E-state index contributed by atoms with van der Waals surface area (Å²) in [4.78, 5) is 24.5. The van der Waals surface area contributed by atoms with E-state index in [0.29, 0.717) is 5.56 Å². The lowest BCUT2D eigenvalue weighted by atomic mass is 10.0. The lowest BCUT2D eigenvalue weighted by Crippen LogP contribution is -2.29. The molecule has 0 aromatic heterocycles. The number of esters is 1. The van der Waals surface area contributed by atoms with Crippen LogP contribution in [0, 0.1) is 5.92 Å². The van der Waals surface area contributed by atoms with Gasteiger partial charge in [0.15, 0.2) is 15.9 Å². The number of aryl methyl sites for hydroxylation is 2. The Balaban J connectivity index is 1.65. The van der Waals surface area contributed by atoms with Crippen molar-refractivity contribution in [2.75, 3.05) is 11.5 Å². The van der Waals surface area contributed by atoms with Crippen LogP contribution in [0.3, 0.4) is 0 Å². The number of Topliss-reactive ketones (excluding diaryl/α,β-unsaturated/α-hetero) is 1. The van der Waals surface area contributed by atoms with Gasteiger partial charge in [0.25, 0.3) is 0 Å². The lowest BCUT2D eigenvalue weighted by molar-refractivity contribution is -0.150. The number of carbonyl (C=O) groups is 2. The molecule has 1 saturated heterocycles. The zero-order valence-electron chi connectivity index (χ0n) is 13.1. The van der Waals surface area contributed by atoms with Crippen molar-refractivity contribution in [3.8, 4) is 0 Å². The van der Waals surface area contributed by atoms with Gasteiger partial charge in [-0.25, -0.2) is 8.42 Å². The highest BCUT2D eigenvalue weighted by molar-refractivity contribution is 7.91. The normalized spacial score (nSPS) is 23.3. The maximum atomic E-state index is 12.4. The maximum Gasteiger partial charge on any atom is 0.310 e.